The molecule has 1 amide bonds. The van der Waals surface area contributed by atoms with Gasteiger partial charge in [0.1, 0.15) is 5.69 Å². The van der Waals surface area contributed by atoms with E-state index in [9.17, 15) is 14.9 Å². The summed E-state index contributed by atoms with van der Waals surface area (Å²) in [5.74, 6) is 0.0211. The SMILES string of the molecule is O=C(c1cccc(CNc2c([N+](=O)[O-])c(Cl)nc3ccccc23)c1)N1CCCC1. The zero-order valence-corrected chi connectivity index (χ0v) is 16.4. The van der Waals surface area contributed by atoms with Crippen molar-refractivity contribution in [3.63, 3.8) is 0 Å². The van der Waals surface area contributed by atoms with Crippen LogP contribution in [0, 0.1) is 10.1 Å². The molecule has 1 saturated heterocycles. The van der Waals surface area contributed by atoms with Crippen LogP contribution in [-0.2, 0) is 6.54 Å². The number of anilines is 1. The van der Waals surface area contributed by atoms with E-state index >= 15 is 0 Å². The number of nitro groups is 1. The number of pyridine rings is 1. The van der Waals surface area contributed by atoms with E-state index in [4.69, 9.17) is 11.6 Å². The van der Waals surface area contributed by atoms with Gasteiger partial charge in [0, 0.05) is 30.6 Å². The second-order valence-corrected chi connectivity index (χ2v) is 7.31. The lowest BCUT2D eigenvalue weighted by molar-refractivity contribution is -0.384. The van der Waals surface area contributed by atoms with E-state index in [2.05, 4.69) is 10.3 Å². The number of para-hydroxylation sites is 1. The topological polar surface area (TPSA) is 88.4 Å². The van der Waals surface area contributed by atoms with Crippen LogP contribution >= 0.6 is 11.6 Å². The Morgan fingerprint density at radius 2 is 1.93 bits per heavy atom. The Kier molecular flexibility index (Phi) is 5.31. The highest BCUT2D eigenvalue weighted by Crippen LogP contribution is 2.37. The molecule has 3 aromatic rings. The Labute approximate surface area is 172 Å². The van der Waals surface area contributed by atoms with Gasteiger partial charge in [0.05, 0.1) is 10.4 Å². The van der Waals surface area contributed by atoms with Crippen LogP contribution in [0.15, 0.2) is 48.5 Å². The molecule has 0 bridgehead atoms. The molecule has 0 spiro atoms. The highest BCUT2D eigenvalue weighted by Gasteiger charge is 2.24. The minimum absolute atomic E-state index is 0.0211. The molecule has 2 heterocycles. The Morgan fingerprint density at radius 3 is 2.69 bits per heavy atom. The van der Waals surface area contributed by atoms with Crippen molar-refractivity contribution in [2.75, 3.05) is 18.4 Å². The monoisotopic (exact) mass is 410 g/mol. The van der Waals surface area contributed by atoms with Gasteiger partial charge < -0.3 is 10.2 Å². The first-order valence-electron chi connectivity index (χ1n) is 9.39. The van der Waals surface area contributed by atoms with E-state index in [0.29, 0.717) is 28.7 Å². The fourth-order valence-corrected chi connectivity index (χ4v) is 3.88. The molecule has 1 N–H and O–H groups in total. The maximum absolute atomic E-state index is 12.6. The van der Waals surface area contributed by atoms with E-state index in [1.807, 2.05) is 23.1 Å². The normalized spacial score (nSPS) is 13.6. The first-order chi connectivity index (χ1) is 14.0. The van der Waals surface area contributed by atoms with Gasteiger partial charge in [-0.3, -0.25) is 14.9 Å². The first-order valence-corrected chi connectivity index (χ1v) is 9.77. The molecule has 8 heteroatoms. The Balaban J connectivity index is 1.63. The number of rotatable bonds is 5. The highest BCUT2D eigenvalue weighted by atomic mass is 35.5. The van der Waals surface area contributed by atoms with E-state index in [-0.39, 0.29) is 16.7 Å². The molecule has 0 atom stereocenters. The van der Waals surface area contributed by atoms with Gasteiger partial charge in [-0.25, -0.2) is 4.98 Å². The third kappa shape index (κ3) is 3.86. The summed E-state index contributed by atoms with van der Waals surface area (Å²) < 4.78 is 0. The summed E-state index contributed by atoms with van der Waals surface area (Å²) >= 11 is 6.08. The molecular formula is C21H19ClN4O3. The van der Waals surface area contributed by atoms with Gasteiger partial charge >= 0.3 is 5.69 Å². The second kappa shape index (κ2) is 8.05. The van der Waals surface area contributed by atoms with Crippen molar-refractivity contribution >= 4 is 39.8 Å². The number of hydrogen-bond acceptors (Lipinski definition) is 5. The van der Waals surface area contributed by atoms with Crippen molar-refractivity contribution in [3.05, 3.63) is 74.9 Å². The number of hydrogen-bond donors (Lipinski definition) is 1. The minimum atomic E-state index is -0.530. The van der Waals surface area contributed by atoms with Crippen molar-refractivity contribution in [1.82, 2.24) is 9.88 Å². The number of carbonyl (C=O) groups is 1. The van der Waals surface area contributed by atoms with Crippen LogP contribution in [0.2, 0.25) is 5.15 Å². The molecule has 1 aromatic heterocycles. The van der Waals surface area contributed by atoms with Crippen molar-refractivity contribution in [3.8, 4) is 0 Å². The molecule has 0 saturated carbocycles. The molecule has 4 rings (SSSR count). The van der Waals surface area contributed by atoms with Crippen molar-refractivity contribution < 1.29 is 9.72 Å². The third-order valence-corrected chi connectivity index (χ3v) is 5.31. The van der Waals surface area contributed by atoms with Crippen LogP contribution in [-0.4, -0.2) is 33.8 Å². The number of nitrogens with zero attached hydrogens (tertiary/aromatic N) is 3. The zero-order chi connectivity index (χ0) is 20.4. The van der Waals surface area contributed by atoms with Crippen LogP contribution in [0.3, 0.4) is 0 Å². The molecule has 1 aliphatic heterocycles. The van der Waals surface area contributed by atoms with Gasteiger partial charge in [-0.05, 0) is 36.6 Å². The number of amides is 1. The van der Waals surface area contributed by atoms with Gasteiger partial charge in [-0.2, -0.15) is 0 Å². The predicted molar refractivity (Wildman–Crippen MR) is 112 cm³/mol. The highest BCUT2D eigenvalue weighted by molar-refractivity contribution is 6.33. The molecule has 0 aliphatic carbocycles. The van der Waals surface area contributed by atoms with Crippen LogP contribution in [0.5, 0.6) is 0 Å². The largest absolute Gasteiger partial charge is 0.375 e. The fourth-order valence-electron chi connectivity index (χ4n) is 3.63. The fraction of sp³-hybridized carbons (Fsp3) is 0.238. The van der Waals surface area contributed by atoms with Gasteiger partial charge in [0.25, 0.3) is 5.91 Å². The Bertz CT molecular complexity index is 1100. The van der Waals surface area contributed by atoms with E-state index in [1.165, 1.54) is 0 Å². The number of carbonyl (C=O) groups excluding carboxylic acids is 1. The molecule has 2 aromatic carbocycles. The summed E-state index contributed by atoms with van der Waals surface area (Å²) in [6.45, 7) is 1.89. The zero-order valence-electron chi connectivity index (χ0n) is 15.6. The maximum atomic E-state index is 12.6. The van der Waals surface area contributed by atoms with Gasteiger partial charge in [0.2, 0.25) is 5.15 Å². The first kappa shape index (κ1) is 19.1. The predicted octanol–water partition coefficient (Wildman–Crippen LogP) is 4.64. The number of benzene rings is 2. The molecule has 148 valence electrons. The van der Waals surface area contributed by atoms with Gasteiger partial charge in [-0.1, -0.05) is 41.9 Å². The van der Waals surface area contributed by atoms with E-state index < -0.39 is 4.92 Å². The lowest BCUT2D eigenvalue weighted by Crippen LogP contribution is -2.27. The van der Waals surface area contributed by atoms with E-state index in [1.54, 1.807) is 30.3 Å². The summed E-state index contributed by atoms with van der Waals surface area (Å²) in [5, 5.41) is 15.2. The molecular weight excluding hydrogens is 392 g/mol. The molecule has 7 nitrogen and oxygen atoms in total. The summed E-state index contributed by atoms with van der Waals surface area (Å²) in [7, 11) is 0. The van der Waals surface area contributed by atoms with Crippen LogP contribution in [0.25, 0.3) is 10.9 Å². The summed E-state index contributed by atoms with van der Waals surface area (Å²) in [4.78, 5) is 29.7. The molecule has 0 unspecified atom stereocenters. The average molecular weight is 411 g/mol. The van der Waals surface area contributed by atoms with E-state index in [0.717, 1.165) is 31.5 Å². The number of halogens is 1. The summed E-state index contributed by atoms with van der Waals surface area (Å²) in [5.41, 5.74) is 2.11. The lowest BCUT2D eigenvalue weighted by Gasteiger charge is -2.16. The molecule has 1 fully saturated rings. The van der Waals surface area contributed by atoms with Crippen LogP contribution in [0.4, 0.5) is 11.4 Å². The quantitative estimate of drug-likeness (QED) is 0.376. The maximum Gasteiger partial charge on any atom is 0.329 e. The second-order valence-electron chi connectivity index (χ2n) is 6.95. The minimum Gasteiger partial charge on any atom is -0.375 e. The van der Waals surface area contributed by atoms with Crippen molar-refractivity contribution in [2.45, 2.75) is 19.4 Å². The number of nitrogens with one attached hydrogen (secondary N) is 1. The summed E-state index contributed by atoms with van der Waals surface area (Å²) in [6.07, 6.45) is 2.07. The van der Waals surface area contributed by atoms with Gasteiger partial charge in [0.15, 0.2) is 0 Å². The van der Waals surface area contributed by atoms with Crippen LogP contribution < -0.4 is 5.32 Å². The number of likely N-dealkylation sites (tertiary alicyclic amines) is 1. The molecule has 29 heavy (non-hydrogen) atoms. The molecule has 1 aliphatic rings. The molecule has 0 radical (unpaired) electrons. The van der Waals surface area contributed by atoms with Crippen molar-refractivity contribution in [1.29, 1.82) is 0 Å². The lowest BCUT2D eigenvalue weighted by atomic mass is 10.1. The van der Waals surface area contributed by atoms with Crippen molar-refractivity contribution in [2.24, 2.45) is 0 Å². The smallest absolute Gasteiger partial charge is 0.329 e. The summed E-state index contributed by atoms with van der Waals surface area (Å²) in [6, 6.07) is 14.4. The average Bonchev–Trinajstić information content (AvgIpc) is 3.26. The van der Waals surface area contributed by atoms with Gasteiger partial charge in [-0.15, -0.1) is 0 Å². The number of aromatic nitrogens is 1. The Morgan fingerprint density at radius 1 is 1.17 bits per heavy atom. The standard InChI is InChI=1S/C21H19ClN4O3/c22-20-19(26(28)29)18(16-8-1-2-9-17(16)24-20)23-13-14-6-5-7-15(12-14)21(27)25-10-3-4-11-25/h1-2,5-9,12H,3-4,10-11,13H2,(H,23,24). The number of fused-ring (bicyclic) bond motifs is 1. The van der Waals surface area contributed by atoms with Crippen LogP contribution in [0.1, 0.15) is 28.8 Å². The third-order valence-electron chi connectivity index (χ3n) is 5.04. The Hall–Kier alpha value is -3.19.